The zero-order valence-electron chi connectivity index (χ0n) is 11.0. The van der Waals surface area contributed by atoms with Crippen LogP contribution in [-0.2, 0) is 11.2 Å². The average molecular weight is 292 g/mol. The minimum Gasteiger partial charge on any atom is -0.298 e. The molecule has 1 nitrogen and oxygen atoms in total. The molecular weight excluding hydrogens is 278 g/mol. The third kappa shape index (κ3) is 4.17. The van der Waals surface area contributed by atoms with E-state index in [1.807, 2.05) is 31.2 Å². The first-order valence-corrected chi connectivity index (χ1v) is 7.18. The van der Waals surface area contributed by atoms with Crippen LogP contribution < -0.4 is 0 Å². The Balaban J connectivity index is 1.92. The Morgan fingerprint density at radius 3 is 2.50 bits per heavy atom. The van der Waals surface area contributed by atoms with Crippen molar-refractivity contribution in [3.05, 3.63) is 65.2 Å². The molecule has 0 aliphatic carbocycles. The Hall–Kier alpha value is -1.68. The number of carbonyl (C=O) groups is 1. The Morgan fingerprint density at radius 2 is 1.80 bits per heavy atom. The highest BCUT2D eigenvalue weighted by Crippen LogP contribution is 2.19. The Morgan fingerprint density at radius 1 is 1.10 bits per heavy atom. The maximum Gasteiger partial charge on any atom is 0.147 e. The van der Waals surface area contributed by atoms with E-state index in [0.29, 0.717) is 0 Å². The van der Waals surface area contributed by atoms with E-state index in [1.165, 1.54) is 11.8 Å². The molecule has 4 heteroatoms. The average Bonchev–Trinajstić information content (AvgIpc) is 2.42. The van der Waals surface area contributed by atoms with Crippen LogP contribution in [0.25, 0.3) is 0 Å². The molecule has 0 unspecified atom stereocenters. The molecule has 0 aliphatic heterocycles. The first-order valence-electron chi connectivity index (χ1n) is 6.19. The van der Waals surface area contributed by atoms with E-state index in [-0.39, 0.29) is 23.5 Å². The number of Topliss-reactive ketones (excluding diaryl/α,β-unsaturated/α-hetero) is 1. The van der Waals surface area contributed by atoms with Gasteiger partial charge in [0.25, 0.3) is 0 Å². The van der Waals surface area contributed by atoms with Crippen LogP contribution in [-0.4, -0.2) is 11.5 Å². The predicted molar refractivity (Wildman–Crippen MR) is 77.0 cm³/mol. The SMILES string of the molecule is Cc1ccc(SCC(=O)Cc2cc(F)ccc2F)cc1. The first kappa shape index (κ1) is 14.7. The molecule has 0 saturated carbocycles. The van der Waals surface area contributed by atoms with Gasteiger partial charge < -0.3 is 0 Å². The molecule has 2 aromatic rings. The summed E-state index contributed by atoms with van der Waals surface area (Å²) in [5, 5.41) is 0. The third-order valence-corrected chi connectivity index (χ3v) is 3.89. The van der Waals surface area contributed by atoms with Crippen molar-refractivity contribution in [3.8, 4) is 0 Å². The van der Waals surface area contributed by atoms with Crippen LogP contribution in [0, 0.1) is 18.6 Å². The monoisotopic (exact) mass is 292 g/mol. The van der Waals surface area contributed by atoms with Crippen LogP contribution in [0.2, 0.25) is 0 Å². The van der Waals surface area contributed by atoms with E-state index >= 15 is 0 Å². The number of ketones is 1. The molecule has 0 radical (unpaired) electrons. The fourth-order valence-electron chi connectivity index (χ4n) is 1.74. The number of hydrogen-bond acceptors (Lipinski definition) is 2. The summed E-state index contributed by atoms with van der Waals surface area (Å²) in [7, 11) is 0. The fraction of sp³-hybridized carbons (Fsp3) is 0.188. The Labute approximate surface area is 121 Å². The number of carbonyl (C=O) groups excluding carboxylic acids is 1. The molecule has 0 amide bonds. The van der Waals surface area contributed by atoms with Crippen molar-refractivity contribution in [2.75, 3.05) is 5.75 Å². The standard InChI is InChI=1S/C16H14F2OS/c1-11-2-5-15(6-3-11)20-10-14(19)9-12-8-13(17)4-7-16(12)18/h2-8H,9-10H2,1H3. The van der Waals surface area contributed by atoms with Crippen molar-refractivity contribution in [1.82, 2.24) is 0 Å². The van der Waals surface area contributed by atoms with E-state index in [0.717, 1.165) is 28.7 Å². The second kappa shape index (κ2) is 6.66. The zero-order chi connectivity index (χ0) is 14.5. The van der Waals surface area contributed by atoms with Crippen molar-refractivity contribution in [2.45, 2.75) is 18.2 Å². The molecular formula is C16H14F2OS. The quantitative estimate of drug-likeness (QED) is 0.769. The van der Waals surface area contributed by atoms with Gasteiger partial charge in [-0.2, -0.15) is 0 Å². The van der Waals surface area contributed by atoms with Gasteiger partial charge in [-0.15, -0.1) is 11.8 Å². The van der Waals surface area contributed by atoms with Gasteiger partial charge in [0.15, 0.2) is 0 Å². The number of rotatable bonds is 5. The normalized spacial score (nSPS) is 10.6. The van der Waals surface area contributed by atoms with Crippen LogP contribution in [0.4, 0.5) is 8.78 Å². The lowest BCUT2D eigenvalue weighted by molar-refractivity contribution is -0.116. The maximum atomic E-state index is 13.4. The van der Waals surface area contributed by atoms with Crippen LogP contribution in [0.5, 0.6) is 0 Å². The summed E-state index contributed by atoms with van der Waals surface area (Å²) < 4.78 is 26.4. The van der Waals surface area contributed by atoms with E-state index < -0.39 is 11.6 Å². The molecule has 0 atom stereocenters. The molecule has 0 bridgehead atoms. The highest BCUT2D eigenvalue weighted by Gasteiger charge is 2.10. The molecule has 0 heterocycles. The van der Waals surface area contributed by atoms with Gasteiger partial charge in [-0.3, -0.25) is 4.79 Å². The lowest BCUT2D eigenvalue weighted by atomic mass is 10.1. The summed E-state index contributed by atoms with van der Waals surface area (Å²) >= 11 is 1.40. The molecule has 2 aromatic carbocycles. The van der Waals surface area contributed by atoms with Crippen molar-refractivity contribution in [2.24, 2.45) is 0 Å². The molecule has 2 rings (SSSR count). The molecule has 0 saturated heterocycles. The minimum absolute atomic E-state index is 0.0809. The highest BCUT2D eigenvalue weighted by molar-refractivity contribution is 8.00. The first-order chi connectivity index (χ1) is 9.54. The van der Waals surface area contributed by atoms with Crippen LogP contribution >= 0.6 is 11.8 Å². The summed E-state index contributed by atoms with van der Waals surface area (Å²) in [5.74, 6) is -0.945. The topological polar surface area (TPSA) is 17.1 Å². The van der Waals surface area contributed by atoms with Crippen molar-refractivity contribution in [1.29, 1.82) is 0 Å². The van der Waals surface area contributed by atoms with Crippen LogP contribution in [0.1, 0.15) is 11.1 Å². The van der Waals surface area contributed by atoms with E-state index in [1.54, 1.807) is 0 Å². The summed E-state index contributed by atoms with van der Waals surface area (Å²) in [6, 6.07) is 11.0. The summed E-state index contributed by atoms with van der Waals surface area (Å²) in [4.78, 5) is 12.8. The van der Waals surface area contributed by atoms with Gasteiger partial charge in [-0.25, -0.2) is 8.78 Å². The molecule has 104 valence electrons. The van der Waals surface area contributed by atoms with Crippen molar-refractivity contribution >= 4 is 17.5 Å². The van der Waals surface area contributed by atoms with Crippen LogP contribution in [0.15, 0.2) is 47.4 Å². The summed E-state index contributed by atoms with van der Waals surface area (Å²) in [5.41, 5.74) is 1.27. The molecule has 0 N–H and O–H groups in total. The second-order valence-electron chi connectivity index (χ2n) is 4.55. The smallest absolute Gasteiger partial charge is 0.147 e. The predicted octanol–water partition coefficient (Wildman–Crippen LogP) is 4.18. The Kier molecular flexibility index (Phi) is 4.90. The number of benzene rings is 2. The van der Waals surface area contributed by atoms with Crippen molar-refractivity contribution in [3.63, 3.8) is 0 Å². The van der Waals surface area contributed by atoms with Gasteiger partial charge in [0.05, 0.1) is 5.75 Å². The molecule has 20 heavy (non-hydrogen) atoms. The number of thioether (sulfide) groups is 1. The summed E-state index contributed by atoms with van der Waals surface area (Å²) in [6.07, 6.45) is -0.0809. The van der Waals surface area contributed by atoms with E-state index in [2.05, 4.69) is 0 Å². The van der Waals surface area contributed by atoms with Crippen molar-refractivity contribution < 1.29 is 13.6 Å². The van der Waals surface area contributed by atoms with Gasteiger partial charge in [-0.05, 0) is 42.8 Å². The van der Waals surface area contributed by atoms with Gasteiger partial charge >= 0.3 is 0 Å². The number of hydrogen-bond donors (Lipinski definition) is 0. The van der Waals surface area contributed by atoms with Gasteiger partial charge in [0.2, 0.25) is 0 Å². The summed E-state index contributed by atoms with van der Waals surface area (Å²) in [6.45, 7) is 1.99. The third-order valence-electron chi connectivity index (χ3n) is 2.82. The molecule has 0 aliphatic rings. The zero-order valence-corrected chi connectivity index (χ0v) is 11.8. The second-order valence-corrected chi connectivity index (χ2v) is 5.60. The van der Waals surface area contributed by atoms with E-state index in [4.69, 9.17) is 0 Å². The lowest BCUT2D eigenvalue weighted by Crippen LogP contribution is -2.07. The van der Waals surface area contributed by atoms with Gasteiger partial charge in [0.1, 0.15) is 17.4 Å². The largest absolute Gasteiger partial charge is 0.298 e. The fourth-order valence-corrected chi connectivity index (χ4v) is 2.50. The minimum atomic E-state index is -0.542. The highest BCUT2D eigenvalue weighted by atomic mass is 32.2. The van der Waals surface area contributed by atoms with Gasteiger partial charge in [-0.1, -0.05) is 17.7 Å². The lowest BCUT2D eigenvalue weighted by Gasteiger charge is -2.04. The maximum absolute atomic E-state index is 13.4. The number of aryl methyl sites for hydroxylation is 1. The molecule has 0 aromatic heterocycles. The van der Waals surface area contributed by atoms with Crippen LogP contribution in [0.3, 0.4) is 0 Å². The van der Waals surface area contributed by atoms with Gasteiger partial charge in [0, 0.05) is 11.3 Å². The molecule has 0 spiro atoms. The molecule has 0 fully saturated rings. The van der Waals surface area contributed by atoms with E-state index in [9.17, 15) is 13.6 Å². The Bertz CT molecular complexity index is 608. The number of halogens is 2.